The van der Waals surface area contributed by atoms with Gasteiger partial charge in [0.25, 0.3) is 0 Å². The zero-order valence-corrected chi connectivity index (χ0v) is 21.8. The van der Waals surface area contributed by atoms with E-state index >= 15 is 0 Å². The summed E-state index contributed by atoms with van der Waals surface area (Å²) in [4.78, 5) is 12.2. The summed E-state index contributed by atoms with van der Waals surface area (Å²) in [6, 6.07) is 22.1. The number of aliphatic hydroxyl groups excluding tert-OH is 1. The number of halogens is 2. The van der Waals surface area contributed by atoms with Gasteiger partial charge in [-0.2, -0.15) is 0 Å². The van der Waals surface area contributed by atoms with Gasteiger partial charge in [0.2, 0.25) is 0 Å². The predicted octanol–water partition coefficient (Wildman–Crippen LogP) is 5.65. The SMILES string of the molecule is CN(C)CC(O)COc1ccc(Nc2cc(N(CC=Cc3ccccc3)c3ccc(F)cc3F)ncn2)cc1. The number of likely N-dealkylation sites (N-methyl/N-ethyl adjacent to an activating group) is 1. The van der Waals surface area contributed by atoms with Crippen molar-refractivity contribution in [3.8, 4) is 5.75 Å². The lowest BCUT2D eigenvalue weighted by Crippen LogP contribution is -2.30. The van der Waals surface area contributed by atoms with Crippen LogP contribution in [0.2, 0.25) is 0 Å². The molecular weight excluding hydrogens is 500 g/mol. The van der Waals surface area contributed by atoms with E-state index in [4.69, 9.17) is 4.74 Å². The molecule has 0 saturated heterocycles. The van der Waals surface area contributed by atoms with E-state index in [1.165, 1.54) is 18.5 Å². The molecule has 0 saturated carbocycles. The van der Waals surface area contributed by atoms with Crippen molar-refractivity contribution in [2.24, 2.45) is 0 Å². The molecule has 0 aliphatic carbocycles. The van der Waals surface area contributed by atoms with Crippen LogP contribution < -0.4 is 15.0 Å². The van der Waals surface area contributed by atoms with Gasteiger partial charge in [0.15, 0.2) is 0 Å². The highest BCUT2D eigenvalue weighted by Gasteiger charge is 2.16. The molecule has 4 aromatic rings. The minimum absolute atomic E-state index is 0.189. The number of anilines is 4. The predicted molar refractivity (Wildman–Crippen MR) is 151 cm³/mol. The number of benzene rings is 3. The molecule has 1 unspecified atom stereocenters. The Kier molecular flexibility index (Phi) is 9.55. The van der Waals surface area contributed by atoms with Crippen molar-refractivity contribution in [3.05, 3.63) is 108 Å². The normalized spacial score (nSPS) is 12.1. The lowest BCUT2D eigenvalue weighted by molar-refractivity contribution is 0.0831. The first-order chi connectivity index (χ1) is 18.9. The number of ether oxygens (including phenoxy) is 1. The van der Waals surface area contributed by atoms with Crippen LogP contribution >= 0.6 is 0 Å². The topological polar surface area (TPSA) is 73.8 Å². The van der Waals surface area contributed by atoms with Crippen LogP contribution in [-0.4, -0.2) is 59.9 Å². The van der Waals surface area contributed by atoms with Gasteiger partial charge in [0.1, 0.15) is 48.1 Å². The molecule has 0 fully saturated rings. The van der Waals surface area contributed by atoms with Gasteiger partial charge < -0.3 is 25.0 Å². The largest absolute Gasteiger partial charge is 0.491 e. The zero-order valence-electron chi connectivity index (χ0n) is 21.8. The smallest absolute Gasteiger partial charge is 0.149 e. The van der Waals surface area contributed by atoms with Crippen molar-refractivity contribution in [1.82, 2.24) is 14.9 Å². The second-order valence-corrected chi connectivity index (χ2v) is 9.16. The summed E-state index contributed by atoms with van der Waals surface area (Å²) in [7, 11) is 3.78. The summed E-state index contributed by atoms with van der Waals surface area (Å²) in [5.41, 5.74) is 1.95. The first-order valence-electron chi connectivity index (χ1n) is 12.5. The first kappa shape index (κ1) is 27.7. The molecule has 0 radical (unpaired) electrons. The number of aliphatic hydroxyl groups is 1. The van der Waals surface area contributed by atoms with Crippen LogP contribution in [0, 0.1) is 11.6 Å². The van der Waals surface area contributed by atoms with Crippen LogP contribution in [0.15, 0.2) is 91.3 Å². The number of nitrogens with one attached hydrogen (secondary N) is 1. The van der Waals surface area contributed by atoms with Crippen molar-refractivity contribution < 1.29 is 18.6 Å². The van der Waals surface area contributed by atoms with Crippen LogP contribution in [0.1, 0.15) is 5.56 Å². The molecule has 1 atom stereocenters. The minimum Gasteiger partial charge on any atom is -0.491 e. The number of hydrogen-bond acceptors (Lipinski definition) is 7. The quantitative estimate of drug-likeness (QED) is 0.245. The molecule has 9 heteroatoms. The van der Waals surface area contributed by atoms with Crippen LogP contribution in [0.4, 0.5) is 31.8 Å². The number of nitrogens with zero attached hydrogens (tertiary/aromatic N) is 4. The molecular formula is C30H31F2N5O2. The van der Waals surface area contributed by atoms with Gasteiger partial charge in [-0.25, -0.2) is 18.7 Å². The molecule has 1 heterocycles. The fourth-order valence-corrected chi connectivity index (χ4v) is 3.89. The molecule has 39 heavy (non-hydrogen) atoms. The average molecular weight is 532 g/mol. The monoisotopic (exact) mass is 531 g/mol. The van der Waals surface area contributed by atoms with E-state index in [-0.39, 0.29) is 12.3 Å². The van der Waals surface area contributed by atoms with Gasteiger partial charge in [-0.15, -0.1) is 0 Å². The molecule has 1 aromatic heterocycles. The highest BCUT2D eigenvalue weighted by molar-refractivity contribution is 5.66. The Bertz CT molecular complexity index is 1370. The minimum atomic E-state index is -0.692. The van der Waals surface area contributed by atoms with Gasteiger partial charge in [-0.1, -0.05) is 42.5 Å². The maximum atomic E-state index is 14.8. The second kappa shape index (κ2) is 13.5. The molecule has 4 rings (SSSR count). The summed E-state index contributed by atoms with van der Waals surface area (Å²) >= 11 is 0. The fraction of sp³-hybridized carbons (Fsp3) is 0.200. The Hall–Kier alpha value is -4.34. The van der Waals surface area contributed by atoms with Crippen LogP contribution in [0.5, 0.6) is 5.75 Å². The molecule has 0 aliphatic rings. The zero-order chi connectivity index (χ0) is 27.6. The average Bonchev–Trinajstić information content (AvgIpc) is 2.92. The highest BCUT2D eigenvalue weighted by atomic mass is 19.1. The van der Waals surface area contributed by atoms with E-state index in [0.29, 0.717) is 30.5 Å². The molecule has 0 spiro atoms. The molecule has 3 aromatic carbocycles. The van der Waals surface area contributed by atoms with E-state index in [1.54, 1.807) is 23.1 Å². The van der Waals surface area contributed by atoms with Crippen LogP contribution in [0.25, 0.3) is 6.08 Å². The van der Waals surface area contributed by atoms with E-state index in [9.17, 15) is 13.9 Å². The van der Waals surface area contributed by atoms with Gasteiger partial charge in [-0.05, 0) is 56.1 Å². The van der Waals surface area contributed by atoms with Gasteiger partial charge >= 0.3 is 0 Å². The van der Waals surface area contributed by atoms with Gasteiger partial charge in [0.05, 0.1) is 5.69 Å². The third-order valence-corrected chi connectivity index (χ3v) is 5.67. The molecule has 0 amide bonds. The van der Waals surface area contributed by atoms with Crippen LogP contribution in [-0.2, 0) is 0 Å². The van der Waals surface area contributed by atoms with Crippen molar-refractivity contribution in [3.63, 3.8) is 0 Å². The molecule has 202 valence electrons. The summed E-state index contributed by atoms with van der Waals surface area (Å²) in [5.74, 6) is 0.216. The van der Waals surface area contributed by atoms with Crippen LogP contribution in [0.3, 0.4) is 0 Å². The number of aromatic nitrogens is 2. The number of hydrogen-bond donors (Lipinski definition) is 2. The van der Waals surface area contributed by atoms with E-state index in [1.807, 2.05) is 73.6 Å². The van der Waals surface area contributed by atoms with Crippen molar-refractivity contribution in [2.45, 2.75) is 6.10 Å². The van der Waals surface area contributed by atoms with Gasteiger partial charge in [-0.3, -0.25) is 0 Å². The Balaban J connectivity index is 1.49. The standard InChI is InChI=1S/C30H31F2N5O2/c1-36(2)19-25(38)20-39-26-13-11-24(12-14-26)35-29-18-30(34-21-33-29)37(28-15-10-23(31)17-27(28)32)16-6-9-22-7-4-3-5-8-22/h3-15,17-18,21,25,38H,16,19-20H2,1-2H3,(H,33,34,35). The van der Waals surface area contributed by atoms with E-state index in [0.717, 1.165) is 17.3 Å². The second-order valence-electron chi connectivity index (χ2n) is 9.16. The maximum absolute atomic E-state index is 14.8. The van der Waals surface area contributed by atoms with Crippen molar-refractivity contribution in [1.29, 1.82) is 0 Å². The first-order valence-corrected chi connectivity index (χ1v) is 12.5. The maximum Gasteiger partial charge on any atom is 0.149 e. The van der Waals surface area contributed by atoms with E-state index < -0.39 is 17.7 Å². The highest BCUT2D eigenvalue weighted by Crippen LogP contribution is 2.29. The molecule has 7 nitrogen and oxygen atoms in total. The lowest BCUT2D eigenvalue weighted by Gasteiger charge is -2.23. The Labute approximate surface area is 227 Å². The van der Waals surface area contributed by atoms with E-state index in [2.05, 4.69) is 15.3 Å². The Morgan fingerprint density at radius 2 is 1.74 bits per heavy atom. The Morgan fingerprint density at radius 3 is 2.46 bits per heavy atom. The van der Waals surface area contributed by atoms with Gasteiger partial charge in [0, 0.05) is 30.9 Å². The summed E-state index contributed by atoms with van der Waals surface area (Å²) in [5, 5.41) is 13.2. The number of rotatable bonds is 12. The summed E-state index contributed by atoms with van der Waals surface area (Å²) in [6.07, 6.45) is 4.62. The summed E-state index contributed by atoms with van der Waals surface area (Å²) in [6.45, 7) is 0.991. The molecule has 0 bridgehead atoms. The third-order valence-electron chi connectivity index (χ3n) is 5.67. The van der Waals surface area contributed by atoms with Crippen molar-refractivity contribution >= 4 is 29.1 Å². The third kappa shape index (κ3) is 8.33. The molecule has 2 N–H and O–H groups in total. The Morgan fingerprint density at radius 1 is 0.974 bits per heavy atom. The molecule has 0 aliphatic heterocycles. The lowest BCUT2D eigenvalue weighted by atomic mass is 10.2. The fourth-order valence-electron chi connectivity index (χ4n) is 3.89. The van der Waals surface area contributed by atoms with Crippen molar-refractivity contribution in [2.75, 3.05) is 44.0 Å². The summed E-state index contributed by atoms with van der Waals surface area (Å²) < 4.78 is 34.1.